The fourth-order valence-electron chi connectivity index (χ4n) is 3.48. The minimum atomic E-state index is -0.171. The van der Waals surface area contributed by atoms with Gasteiger partial charge in [0, 0.05) is 36.6 Å². The van der Waals surface area contributed by atoms with Crippen LogP contribution in [0, 0.1) is 13.8 Å². The number of nitrogens with one attached hydrogen (secondary N) is 2. The Labute approximate surface area is 188 Å². The fourth-order valence-corrected chi connectivity index (χ4v) is 3.48. The summed E-state index contributed by atoms with van der Waals surface area (Å²) in [5.41, 5.74) is 3.76. The molecule has 0 saturated carbocycles. The Balaban J connectivity index is 1.38. The molecule has 1 fully saturated rings. The van der Waals surface area contributed by atoms with Crippen LogP contribution >= 0.6 is 0 Å². The van der Waals surface area contributed by atoms with E-state index in [1.807, 2.05) is 74.5 Å². The molecule has 1 aromatic heterocycles. The minimum absolute atomic E-state index is 0.171. The molecule has 2 aromatic carbocycles. The van der Waals surface area contributed by atoms with Crippen LogP contribution < -0.4 is 15.5 Å². The normalized spacial score (nSPS) is 13.9. The van der Waals surface area contributed by atoms with E-state index in [2.05, 4.69) is 25.5 Å². The van der Waals surface area contributed by atoms with Gasteiger partial charge in [-0.2, -0.15) is 0 Å². The smallest absolute Gasteiger partial charge is 0.248 e. The Hall–Kier alpha value is -3.71. The number of anilines is 4. The molecular formula is C25H27N5O2. The van der Waals surface area contributed by atoms with Crippen LogP contribution in [0.1, 0.15) is 17.0 Å². The molecule has 164 valence electrons. The minimum Gasteiger partial charge on any atom is -0.378 e. The average Bonchev–Trinajstić information content (AvgIpc) is 2.80. The van der Waals surface area contributed by atoms with Gasteiger partial charge in [-0.3, -0.25) is 4.79 Å². The maximum atomic E-state index is 12.3. The van der Waals surface area contributed by atoms with Crippen LogP contribution in [0.4, 0.5) is 23.0 Å². The molecule has 1 aliphatic rings. The van der Waals surface area contributed by atoms with Gasteiger partial charge < -0.3 is 20.3 Å². The van der Waals surface area contributed by atoms with Crippen LogP contribution in [-0.4, -0.2) is 42.2 Å². The molecule has 7 heteroatoms. The number of rotatable bonds is 6. The SMILES string of the molecule is Cc1nc(Nc2ccc(NC(=O)/C=C/c3ccccc3C)cc2)cc(N2CCOCC2)n1. The number of morpholine rings is 1. The van der Waals surface area contributed by atoms with Gasteiger partial charge in [0.1, 0.15) is 17.5 Å². The van der Waals surface area contributed by atoms with E-state index in [1.165, 1.54) is 0 Å². The van der Waals surface area contributed by atoms with Gasteiger partial charge in [0.25, 0.3) is 0 Å². The van der Waals surface area contributed by atoms with Crippen molar-refractivity contribution in [3.63, 3.8) is 0 Å². The third-order valence-electron chi connectivity index (χ3n) is 5.19. The lowest BCUT2D eigenvalue weighted by atomic mass is 10.1. The van der Waals surface area contributed by atoms with E-state index in [9.17, 15) is 4.79 Å². The molecule has 1 saturated heterocycles. The molecule has 0 spiro atoms. The molecule has 4 rings (SSSR count). The lowest BCUT2D eigenvalue weighted by Gasteiger charge is -2.28. The van der Waals surface area contributed by atoms with Crippen LogP contribution in [0.3, 0.4) is 0 Å². The summed E-state index contributed by atoms with van der Waals surface area (Å²) in [5, 5.41) is 6.21. The molecule has 1 aliphatic heterocycles. The highest BCUT2D eigenvalue weighted by Crippen LogP contribution is 2.22. The molecule has 0 radical (unpaired) electrons. The zero-order chi connectivity index (χ0) is 22.3. The molecule has 0 atom stereocenters. The summed E-state index contributed by atoms with van der Waals surface area (Å²) in [6, 6.07) is 17.4. The molecule has 3 aromatic rings. The van der Waals surface area contributed by atoms with Gasteiger partial charge in [0.2, 0.25) is 5.91 Å². The zero-order valence-electron chi connectivity index (χ0n) is 18.3. The number of aromatic nitrogens is 2. The summed E-state index contributed by atoms with van der Waals surface area (Å²) in [6.07, 6.45) is 3.37. The molecule has 0 bridgehead atoms. The highest BCUT2D eigenvalue weighted by molar-refractivity contribution is 6.02. The van der Waals surface area contributed by atoms with Crippen molar-refractivity contribution in [3.8, 4) is 0 Å². The predicted molar refractivity (Wildman–Crippen MR) is 128 cm³/mol. The summed E-state index contributed by atoms with van der Waals surface area (Å²) in [5.74, 6) is 2.17. The standard InChI is InChI=1S/C25H27N5O2/c1-18-5-3-4-6-20(18)7-12-25(31)29-22-10-8-21(9-11-22)28-23-17-24(27-19(2)26-23)30-13-15-32-16-14-30/h3-12,17H,13-16H2,1-2H3,(H,29,31)(H,26,27,28)/b12-7+. The van der Waals surface area contributed by atoms with Crippen molar-refractivity contribution in [3.05, 3.63) is 77.6 Å². The lowest BCUT2D eigenvalue weighted by Crippen LogP contribution is -2.36. The molecule has 2 N–H and O–H groups in total. The highest BCUT2D eigenvalue weighted by Gasteiger charge is 2.14. The first-order valence-corrected chi connectivity index (χ1v) is 10.7. The topological polar surface area (TPSA) is 79.4 Å². The van der Waals surface area contributed by atoms with E-state index in [0.717, 1.165) is 47.2 Å². The van der Waals surface area contributed by atoms with Crippen molar-refractivity contribution in [2.75, 3.05) is 41.8 Å². The third-order valence-corrected chi connectivity index (χ3v) is 5.19. The number of benzene rings is 2. The number of aryl methyl sites for hydroxylation is 2. The van der Waals surface area contributed by atoms with E-state index in [1.54, 1.807) is 6.08 Å². The third kappa shape index (κ3) is 5.70. The van der Waals surface area contributed by atoms with Crippen LogP contribution in [0.25, 0.3) is 6.08 Å². The molecule has 2 heterocycles. The number of carbonyl (C=O) groups is 1. The number of nitrogens with zero attached hydrogens (tertiary/aromatic N) is 3. The monoisotopic (exact) mass is 429 g/mol. The highest BCUT2D eigenvalue weighted by atomic mass is 16.5. The fraction of sp³-hybridized carbons (Fsp3) is 0.240. The van der Waals surface area contributed by atoms with Crippen LogP contribution in [0.2, 0.25) is 0 Å². The molecule has 0 aliphatic carbocycles. The number of hydrogen-bond donors (Lipinski definition) is 2. The second kappa shape index (κ2) is 10.1. The summed E-state index contributed by atoms with van der Waals surface area (Å²) in [4.78, 5) is 23.5. The maximum Gasteiger partial charge on any atom is 0.248 e. The number of ether oxygens (including phenoxy) is 1. The first-order valence-electron chi connectivity index (χ1n) is 10.7. The van der Waals surface area contributed by atoms with Crippen molar-refractivity contribution >= 4 is 35.0 Å². The summed E-state index contributed by atoms with van der Waals surface area (Å²) < 4.78 is 5.42. The van der Waals surface area contributed by atoms with E-state index < -0.39 is 0 Å². The zero-order valence-corrected chi connectivity index (χ0v) is 18.3. The summed E-state index contributed by atoms with van der Waals surface area (Å²) in [7, 11) is 0. The second-order valence-corrected chi connectivity index (χ2v) is 7.64. The van der Waals surface area contributed by atoms with E-state index in [-0.39, 0.29) is 5.91 Å². The molecule has 0 unspecified atom stereocenters. The second-order valence-electron chi connectivity index (χ2n) is 7.64. The number of carbonyl (C=O) groups excluding carboxylic acids is 1. The van der Waals surface area contributed by atoms with E-state index >= 15 is 0 Å². The summed E-state index contributed by atoms with van der Waals surface area (Å²) >= 11 is 0. The average molecular weight is 430 g/mol. The van der Waals surface area contributed by atoms with Gasteiger partial charge in [-0.05, 0) is 55.3 Å². The van der Waals surface area contributed by atoms with Crippen LogP contribution in [0.15, 0.2) is 60.7 Å². The van der Waals surface area contributed by atoms with Crippen molar-refractivity contribution in [1.29, 1.82) is 0 Å². The predicted octanol–water partition coefficient (Wildman–Crippen LogP) is 4.33. The quantitative estimate of drug-likeness (QED) is 0.568. The van der Waals surface area contributed by atoms with Crippen molar-refractivity contribution in [2.24, 2.45) is 0 Å². The number of amides is 1. The Bertz CT molecular complexity index is 1110. The lowest BCUT2D eigenvalue weighted by molar-refractivity contribution is -0.111. The largest absolute Gasteiger partial charge is 0.378 e. The van der Waals surface area contributed by atoms with Crippen LogP contribution in [-0.2, 0) is 9.53 Å². The summed E-state index contributed by atoms with van der Waals surface area (Å²) in [6.45, 7) is 6.97. The van der Waals surface area contributed by atoms with Gasteiger partial charge in [-0.25, -0.2) is 9.97 Å². The van der Waals surface area contributed by atoms with Gasteiger partial charge in [0.15, 0.2) is 0 Å². The molecule has 1 amide bonds. The molecule has 32 heavy (non-hydrogen) atoms. The maximum absolute atomic E-state index is 12.3. The Morgan fingerprint density at radius 1 is 1.00 bits per heavy atom. The van der Waals surface area contributed by atoms with Crippen molar-refractivity contribution in [1.82, 2.24) is 9.97 Å². The number of hydrogen-bond acceptors (Lipinski definition) is 6. The first kappa shape index (κ1) is 21.5. The Morgan fingerprint density at radius 2 is 1.72 bits per heavy atom. The van der Waals surface area contributed by atoms with Gasteiger partial charge in [-0.1, -0.05) is 24.3 Å². The van der Waals surface area contributed by atoms with Gasteiger partial charge >= 0.3 is 0 Å². The first-order chi connectivity index (χ1) is 15.6. The van der Waals surface area contributed by atoms with E-state index in [4.69, 9.17) is 4.74 Å². The van der Waals surface area contributed by atoms with E-state index in [0.29, 0.717) is 19.0 Å². The van der Waals surface area contributed by atoms with Crippen molar-refractivity contribution in [2.45, 2.75) is 13.8 Å². The van der Waals surface area contributed by atoms with Crippen LogP contribution in [0.5, 0.6) is 0 Å². The Morgan fingerprint density at radius 3 is 2.47 bits per heavy atom. The van der Waals surface area contributed by atoms with Gasteiger partial charge in [-0.15, -0.1) is 0 Å². The molecular weight excluding hydrogens is 402 g/mol. The van der Waals surface area contributed by atoms with Crippen molar-refractivity contribution < 1.29 is 9.53 Å². The Kier molecular flexibility index (Phi) is 6.77. The molecule has 7 nitrogen and oxygen atoms in total. The van der Waals surface area contributed by atoms with Gasteiger partial charge in [0.05, 0.1) is 13.2 Å².